The largest absolute Gasteiger partial charge is 0.356 e. The summed E-state index contributed by atoms with van der Waals surface area (Å²) in [5.74, 6) is -0.0627. The van der Waals surface area contributed by atoms with E-state index in [2.05, 4.69) is 51.9 Å². The zero-order valence-corrected chi connectivity index (χ0v) is 16.8. The Morgan fingerprint density at radius 3 is 2.45 bits per heavy atom. The standard InChI is InChI=1S/C24H29N3O2/c28-23(25-12-6-9-18-7-2-1-3-8-18)17-22-24(29)26-13-14-27(22)21-15-19-10-4-5-11-20(19)16-21/h1-5,7-8,10-11,21-22H,6,9,12-17H2,(H,25,28)(H,26,29). The maximum Gasteiger partial charge on any atom is 0.237 e. The molecule has 1 heterocycles. The van der Waals surface area contributed by atoms with Gasteiger partial charge in [0.25, 0.3) is 0 Å². The van der Waals surface area contributed by atoms with Crippen molar-refractivity contribution in [3.05, 3.63) is 71.3 Å². The highest BCUT2D eigenvalue weighted by Crippen LogP contribution is 2.28. The molecule has 2 amide bonds. The third-order valence-corrected chi connectivity index (χ3v) is 6.06. The van der Waals surface area contributed by atoms with Crippen LogP contribution in [0.4, 0.5) is 0 Å². The first-order chi connectivity index (χ1) is 14.2. The molecule has 4 rings (SSSR count). The summed E-state index contributed by atoms with van der Waals surface area (Å²) in [5.41, 5.74) is 4.01. The summed E-state index contributed by atoms with van der Waals surface area (Å²) < 4.78 is 0. The SMILES string of the molecule is O=C(CC1C(=O)NCCN1C1Cc2ccccc2C1)NCCCc1ccccc1. The lowest BCUT2D eigenvalue weighted by molar-refractivity contribution is -0.135. The number of fused-ring (bicyclic) bond motifs is 1. The van der Waals surface area contributed by atoms with Crippen molar-refractivity contribution < 1.29 is 9.59 Å². The van der Waals surface area contributed by atoms with Crippen LogP contribution in [-0.4, -0.2) is 48.4 Å². The lowest BCUT2D eigenvalue weighted by Gasteiger charge is -2.38. The van der Waals surface area contributed by atoms with E-state index in [1.165, 1.54) is 16.7 Å². The Morgan fingerprint density at radius 2 is 1.72 bits per heavy atom. The number of piperazine rings is 1. The Balaban J connectivity index is 1.29. The van der Waals surface area contributed by atoms with Crippen LogP contribution in [0.5, 0.6) is 0 Å². The Kier molecular flexibility index (Phi) is 6.25. The van der Waals surface area contributed by atoms with Gasteiger partial charge < -0.3 is 10.6 Å². The van der Waals surface area contributed by atoms with Crippen LogP contribution in [0.3, 0.4) is 0 Å². The Labute approximate surface area is 172 Å². The van der Waals surface area contributed by atoms with Gasteiger partial charge in [-0.1, -0.05) is 54.6 Å². The molecule has 1 aliphatic carbocycles. The van der Waals surface area contributed by atoms with Crippen LogP contribution < -0.4 is 10.6 Å². The molecule has 0 spiro atoms. The smallest absolute Gasteiger partial charge is 0.237 e. The second-order valence-corrected chi connectivity index (χ2v) is 8.02. The Hall–Kier alpha value is -2.66. The zero-order chi connectivity index (χ0) is 20.1. The average Bonchev–Trinajstić information content (AvgIpc) is 3.17. The second-order valence-electron chi connectivity index (χ2n) is 8.02. The minimum Gasteiger partial charge on any atom is -0.356 e. The summed E-state index contributed by atoms with van der Waals surface area (Å²) in [5, 5.41) is 5.94. The minimum atomic E-state index is -0.378. The first-order valence-electron chi connectivity index (χ1n) is 10.6. The number of carbonyl (C=O) groups is 2. The number of carbonyl (C=O) groups excluding carboxylic acids is 2. The van der Waals surface area contributed by atoms with E-state index in [0.717, 1.165) is 32.2 Å². The van der Waals surface area contributed by atoms with Gasteiger partial charge in [-0.15, -0.1) is 0 Å². The number of rotatable bonds is 7. The van der Waals surface area contributed by atoms with E-state index >= 15 is 0 Å². The molecule has 1 unspecified atom stereocenters. The third kappa shape index (κ3) is 4.85. The van der Waals surface area contributed by atoms with E-state index < -0.39 is 0 Å². The Bertz CT molecular complexity index is 827. The Morgan fingerprint density at radius 1 is 1.03 bits per heavy atom. The lowest BCUT2D eigenvalue weighted by atomic mass is 10.0. The predicted molar refractivity (Wildman–Crippen MR) is 114 cm³/mol. The highest BCUT2D eigenvalue weighted by atomic mass is 16.2. The van der Waals surface area contributed by atoms with Gasteiger partial charge in [0, 0.05) is 25.7 Å². The number of benzene rings is 2. The van der Waals surface area contributed by atoms with Crippen LogP contribution in [0.15, 0.2) is 54.6 Å². The number of nitrogens with zero attached hydrogens (tertiary/aromatic N) is 1. The van der Waals surface area contributed by atoms with Crippen molar-refractivity contribution in [1.29, 1.82) is 0 Å². The molecule has 2 aromatic rings. The van der Waals surface area contributed by atoms with Crippen molar-refractivity contribution in [2.24, 2.45) is 0 Å². The molecule has 5 nitrogen and oxygen atoms in total. The van der Waals surface area contributed by atoms with Crippen LogP contribution in [0.1, 0.15) is 29.5 Å². The van der Waals surface area contributed by atoms with Crippen LogP contribution >= 0.6 is 0 Å². The van der Waals surface area contributed by atoms with Crippen LogP contribution in [0.2, 0.25) is 0 Å². The number of aryl methyl sites for hydroxylation is 1. The van der Waals surface area contributed by atoms with Gasteiger partial charge in [-0.25, -0.2) is 0 Å². The van der Waals surface area contributed by atoms with Crippen molar-refractivity contribution in [2.75, 3.05) is 19.6 Å². The summed E-state index contributed by atoms with van der Waals surface area (Å²) >= 11 is 0. The highest BCUT2D eigenvalue weighted by molar-refractivity contribution is 5.88. The molecule has 0 aromatic heterocycles. The average molecular weight is 392 g/mol. The molecule has 1 aliphatic heterocycles. The predicted octanol–water partition coefficient (Wildman–Crippen LogP) is 2.09. The molecule has 2 N–H and O–H groups in total. The fraction of sp³-hybridized carbons (Fsp3) is 0.417. The van der Waals surface area contributed by atoms with Crippen molar-refractivity contribution in [3.8, 4) is 0 Å². The van der Waals surface area contributed by atoms with Crippen molar-refractivity contribution in [3.63, 3.8) is 0 Å². The van der Waals surface area contributed by atoms with Crippen LogP contribution in [-0.2, 0) is 28.9 Å². The van der Waals surface area contributed by atoms with Gasteiger partial charge in [-0.05, 0) is 42.4 Å². The monoisotopic (exact) mass is 391 g/mol. The summed E-state index contributed by atoms with van der Waals surface area (Å²) in [6, 6.07) is 18.7. The van der Waals surface area contributed by atoms with E-state index in [-0.39, 0.29) is 24.3 Å². The topological polar surface area (TPSA) is 61.4 Å². The number of hydrogen-bond acceptors (Lipinski definition) is 3. The summed E-state index contributed by atoms with van der Waals surface area (Å²) in [6.07, 6.45) is 3.98. The molecule has 2 aromatic carbocycles. The molecule has 0 radical (unpaired) electrons. The number of amides is 2. The van der Waals surface area contributed by atoms with Gasteiger partial charge in [0.05, 0.1) is 12.5 Å². The fourth-order valence-electron chi connectivity index (χ4n) is 4.56. The molecule has 0 saturated carbocycles. The fourth-order valence-corrected chi connectivity index (χ4v) is 4.56. The molecule has 0 bridgehead atoms. The maximum absolute atomic E-state index is 12.6. The first-order valence-corrected chi connectivity index (χ1v) is 10.6. The maximum atomic E-state index is 12.6. The van der Waals surface area contributed by atoms with Crippen molar-refractivity contribution in [2.45, 2.75) is 44.2 Å². The molecule has 1 atom stereocenters. The van der Waals surface area contributed by atoms with Gasteiger partial charge >= 0.3 is 0 Å². The van der Waals surface area contributed by atoms with Gasteiger partial charge in [0.15, 0.2) is 0 Å². The second kappa shape index (κ2) is 9.23. The number of hydrogen-bond donors (Lipinski definition) is 2. The highest BCUT2D eigenvalue weighted by Gasteiger charge is 2.37. The lowest BCUT2D eigenvalue weighted by Crippen LogP contribution is -2.59. The molecular formula is C24H29N3O2. The molecular weight excluding hydrogens is 362 g/mol. The van der Waals surface area contributed by atoms with E-state index in [0.29, 0.717) is 19.1 Å². The van der Waals surface area contributed by atoms with Crippen LogP contribution in [0.25, 0.3) is 0 Å². The third-order valence-electron chi connectivity index (χ3n) is 6.06. The molecule has 29 heavy (non-hydrogen) atoms. The van der Waals surface area contributed by atoms with E-state index in [1.54, 1.807) is 0 Å². The summed E-state index contributed by atoms with van der Waals surface area (Å²) in [7, 11) is 0. The quantitative estimate of drug-likeness (QED) is 0.711. The number of nitrogens with one attached hydrogen (secondary N) is 2. The van der Waals surface area contributed by atoms with E-state index in [1.807, 2.05) is 18.2 Å². The minimum absolute atomic E-state index is 0.0216. The normalized spacial score (nSPS) is 19.6. The van der Waals surface area contributed by atoms with Gasteiger partial charge in [-0.3, -0.25) is 14.5 Å². The van der Waals surface area contributed by atoms with Gasteiger partial charge in [-0.2, -0.15) is 0 Å². The molecule has 152 valence electrons. The van der Waals surface area contributed by atoms with E-state index in [9.17, 15) is 9.59 Å². The van der Waals surface area contributed by atoms with Gasteiger partial charge in [0.1, 0.15) is 0 Å². The summed E-state index contributed by atoms with van der Waals surface area (Å²) in [4.78, 5) is 27.3. The van der Waals surface area contributed by atoms with Gasteiger partial charge in [0.2, 0.25) is 11.8 Å². The molecule has 5 heteroatoms. The first kappa shape index (κ1) is 19.6. The molecule has 2 aliphatic rings. The molecule has 1 fully saturated rings. The van der Waals surface area contributed by atoms with Crippen molar-refractivity contribution in [1.82, 2.24) is 15.5 Å². The van der Waals surface area contributed by atoms with E-state index in [4.69, 9.17) is 0 Å². The zero-order valence-electron chi connectivity index (χ0n) is 16.8. The van der Waals surface area contributed by atoms with Crippen LogP contribution in [0, 0.1) is 0 Å². The van der Waals surface area contributed by atoms with Crippen molar-refractivity contribution >= 4 is 11.8 Å². The molecule has 1 saturated heterocycles. The summed E-state index contributed by atoms with van der Waals surface area (Å²) in [6.45, 7) is 2.09.